The zero-order chi connectivity index (χ0) is 13.8. The molecule has 1 saturated heterocycles. The molecular formula is C14H17FO2S2. The Hall–Kier alpha value is -0.680. The molecule has 0 aliphatic carbocycles. The van der Waals surface area contributed by atoms with E-state index in [9.17, 15) is 9.18 Å². The maximum atomic E-state index is 14.0. The molecule has 2 atom stereocenters. The molecule has 0 spiro atoms. The third-order valence-electron chi connectivity index (χ3n) is 3.15. The molecule has 0 saturated carbocycles. The minimum Gasteiger partial charge on any atom is -0.497 e. The summed E-state index contributed by atoms with van der Waals surface area (Å²) in [5, 5.41) is 0.152. The number of Topliss-reactive ketones (excluding diaryl/α,β-unsaturated/α-hetero) is 1. The fourth-order valence-corrected chi connectivity index (χ4v) is 5.14. The van der Waals surface area contributed by atoms with Crippen molar-refractivity contribution in [2.75, 3.05) is 18.6 Å². The summed E-state index contributed by atoms with van der Waals surface area (Å²) >= 11 is 3.47. The number of methoxy groups -OCH3 is 1. The Morgan fingerprint density at radius 2 is 2.16 bits per heavy atom. The van der Waals surface area contributed by atoms with Crippen LogP contribution in [-0.2, 0) is 0 Å². The summed E-state index contributed by atoms with van der Waals surface area (Å²) in [5.74, 6) is 1.87. The molecule has 2 rings (SSSR count). The van der Waals surface area contributed by atoms with Gasteiger partial charge in [0.15, 0.2) is 5.78 Å². The maximum Gasteiger partial charge on any atom is 0.179 e. The van der Waals surface area contributed by atoms with Crippen LogP contribution in [0.1, 0.15) is 23.7 Å². The van der Waals surface area contributed by atoms with Crippen LogP contribution >= 0.6 is 23.5 Å². The summed E-state index contributed by atoms with van der Waals surface area (Å²) in [5.41, 5.74) is 0.180. The summed E-state index contributed by atoms with van der Waals surface area (Å²) in [6.45, 7) is 2.08. The van der Waals surface area contributed by atoms with E-state index < -0.39 is 5.82 Å². The molecule has 2 unspecified atom stereocenters. The molecule has 2 nitrogen and oxygen atoms in total. The van der Waals surface area contributed by atoms with E-state index in [0.29, 0.717) is 5.75 Å². The van der Waals surface area contributed by atoms with E-state index in [1.807, 2.05) is 11.8 Å². The second-order valence-electron chi connectivity index (χ2n) is 4.32. The fourth-order valence-electron chi connectivity index (χ4n) is 2.12. The van der Waals surface area contributed by atoms with E-state index in [0.717, 1.165) is 17.9 Å². The number of thioether (sulfide) groups is 2. The number of hydrogen-bond donors (Lipinski definition) is 0. The summed E-state index contributed by atoms with van der Waals surface area (Å²) in [7, 11) is 1.48. The van der Waals surface area contributed by atoms with E-state index in [2.05, 4.69) is 6.92 Å². The standard InChI is InChI=1S/C14H17FO2S2/c1-3-12-14(19-7-6-18-12)13(16)10-5-4-9(17-2)8-11(10)15/h4-5,8,12,14H,3,6-7H2,1-2H3. The van der Waals surface area contributed by atoms with Crippen molar-refractivity contribution in [1.29, 1.82) is 0 Å². The van der Waals surface area contributed by atoms with Gasteiger partial charge in [-0.1, -0.05) is 6.92 Å². The van der Waals surface area contributed by atoms with Crippen LogP contribution in [0.5, 0.6) is 5.75 Å². The van der Waals surface area contributed by atoms with Crippen LogP contribution in [0.4, 0.5) is 4.39 Å². The van der Waals surface area contributed by atoms with E-state index in [1.54, 1.807) is 17.8 Å². The number of carbonyl (C=O) groups is 1. The average Bonchev–Trinajstić information content (AvgIpc) is 2.46. The highest BCUT2D eigenvalue weighted by Crippen LogP contribution is 2.35. The largest absolute Gasteiger partial charge is 0.497 e. The van der Waals surface area contributed by atoms with Gasteiger partial charge in [0.25, 0.3) is 0 Å². The Morgan fingerprint density at radius 1 is 1.42 bits per heavy atom. The first-order valence-electron chi connectivity index (χ1n) is 6.28. The van der Waals surface area contributed by atoms with Crippen molar-refractivity contribution in [3.8, 4) is 5.75 Å². The molecule has 1 fully saturated rings. The van der Waals surface area contributed by atoms with Gasteiger partial charge in [-0.3, -0.25) is 4.79 Å². The van der Waals surface area contributed by atoms with Gasteiger partial charge in [0, 0.05) is 22.8 Å². The quantitative estimate of drug-likeness (QED) is 0.793. The number of ether oxygens (including phenoxy) is 1. The van der Waals surface area contributed by atoms with E-state index in [1.165, 1.54) is 19.2 Å². The van der Waals surface area contributed by atoms with Crippen LogP contribution < -0.4 is 4.74 Å². The molecule has 1 aliphatic heterocycles. The molecule has 0 N–H and O–H groups in total. The Labute approximate surface area is 121 Å². The van der Waals surface area contributed by atoms with Crippen LogP contribution in [0.15, 0.2) is 18.2 Å². The molecule has 1 aromatic carbocycles. The number of ketones is 1. The van der Waals surface area contributed by atoms with Crippen molar-refractivity contribution in [2.45, 2.75) is 23.8 Å². The van der Waals surface area contributed by atoms with Gasteiger partial charge in [-0.25, -0.2) is 4.39 Å². The van der Waals surface area contributed by atoms with Crippen LogP contribution in [0.3, 0.4) is 0 Å². The highest BCUT2D eigenvalue weighted by Gasteiger charge is 2.32. The number of rotatable bonds is 4. The van der Waals surface area contributed by atoms with Gasteiger partial charge in [0.1, 0.15) is 11.6 Å². The molecule has 5 heteroatoms. The molecule has 104 valence electrons. The van der Waals surface area contributed by atoms with Gasteiger partial charge in [-0.2, -0.15) is 11.8 Å². The van der Waals surface area contributed by atoms with Crippen LogP contribution in [0, 0.1) is 5.82 Å². The van der Waals surface area contributed by atoms with Crippen LogP contribution in [0.25, 0.3) is 0 Å². The Kier molecular flexibility index (Phi) is 5.16. The highest BCUT2D eigenvalue weighted by atomic mass is 32.2. The maximum absolute atomic E-state index is 14.0. The lowest BCUT2D eigenvalue weighted by Gasteiger charge is -2.28. The monoisotopic (exact) mass is 300 g/mol. The molecule has 0 aromatic heterocycles. The lowest BCUT2D eigenvalue weighted by atomic mass is 10.0. The normalized spacial score (nSPS) is 23.1. The summed E-state index contributed by atoms with van der Waals surface area (Å²) in [4.78, 5) is 12.5. The first-order chi connectivity index (χ1) is 9.17. The van der Waals surface area contributed by atoms with Crippen molar-refractivity contribution in [3.63, 3.8) is 0 Å². The smallest absolute Gasteiger partial charge is 0.179 e. The molecular weight excluding hydrogens is 283 g/mol. The predicted octanol–water partition coefficient (Wildman–Crippen LogP) is 3.64. The van der Waals surface area contributed by atoms with Crippen molar-refractivity contribution >= 4 is 29.3 Å². The van der Waals surface area contributed by atoms with Gasteiger partial charge >= 0.3 is 0 Å². The zero-order valence-corrected chi connectivity index (χ0v) is 12.7. The molecule has 19 heavy (non-hydrogen) atoms. The average molecular weight is 300 g/mol. The Bertz CT molecular complexity index is 465. The topological polar surface area (TPSA) is 26.3 Å². The van der Waals surface area contributed by atoms with E-state index in [4.69, 9.17) is 4.74 Å². The number of hydrogen-bond acceptors (Lipinski definition) is 4. The number of carbonyl (C=O) groups excluding carboxylic acids is 1. The van der Waals surface area contributed by atoms with Gasteiger partial charge in [0.2, 0.25) is 0 Å². The summed E-state index contributed by atoms with van der Waals surface area (Å²) in [6.07, 6.45) is 0.936. The van der Waals surface area contributed by atoms with Gasteiger partial charge in [0.05, 0.1) is 17.9 Å². The Balaban J connectivity index is 2.23. The summed E-state index contributed by atoms with van der Waals surface area (Å²) < 4.78 is 18.9. The zero-order valence-electron chi connectivity index (χ0n) is 11.0. The number of halogens is 1. The predicted molar refractivity (Wildman–Crippen MR) is 80.1 cm³/mol. The van der Waals surface area contributed by atoms with Gasteiger partial charge in [-0.15, -0.1) is 11.8 Å². The molecule has 1 heterocycles. The first kappa shape index (κ1) is 14.7. The molecule has 0 radical (unpaired) electrons. The SMILES string of the molecule is CCC1SCCSC1C(=O)c1ccc(OC)cc1F. The second-order valence-corrected chi connectivity index (χ2v) is 6.92. The third kappa shape index (κ3) is 3.26. The van der Waals surface area contributed by atoms with Crippen molar-refractivity contribution in [1.82, 2.24) is 0 Å². The first-order valence-corrected chi connectivity index (χ1v) is 8.38. The Morgan fingerprint density at radius 3 is 2.79 bits per heavy atom. The number of benzene rings is 1. The van der Waals surface area contributed by atoms with Crippen molar-refractivity contribution in [3.05, 3.63) is 29.6 Å². The second kappa shape index (κ2) is 6.66. The molecule has 1 aromatic rings. The minimum atomic E-state index is -0.490. The molecule has 0 amide bonds. The van der Waals surface area contributed by atoms with Crippen LogP contribution in [0.2, 0.25) is 0 Å². The fraction of sp³-hybridized carbons (Fsp3) is 0.500. The lowest BCUT2D eigenvalue weighted by molar-refractivity contribution is 0.0984. The van der Waals surface area contributed by atoms with Crippen LogP contribution in [-0.4, -0.2) is 34.9 Å². The van der Waals surface area contributed by atoms with E-state index in [-0.39, 0.29) is 21.8 Å². The molecule has 1 aliphatic rings. The lowest BCUT2D eigenvalue weighted by Crippen LogP contribution is -2.33. The van der Waals surface area contributed by atoms with Gasteiger partial charge < -0.3 is 4.74 Å². The van der Waals surface area contributed by atoms with Crippen molar-refractivity contribution in [2.24, 2.45) is 0 Å². The third-order valence-corrected chi connectivity index (χ3v) is 6.40. The summed E-state index contributed by atoms with van der Waals surface area (Å²) in [6, 6.07) is 4.44. The highest BCUT2D eigenvalue weighted by molar-refractivity contribution is 8.07. The molecule has 0 bridgehead atoms. The van der Waals surface area contributed by atoms with Crippen molar-refractivity contribution < 1.29 is 13.9 Å². The van der Waals surface area contributed by atoms with E-state index >= 15 is 0 Å². The minimum absolute atomic E-state index is 0.0933. The van der Waals surface area contributed by atoms with Gasteiger partial charge in [-0.05, 0) is 18.6 Å².